The van der Waals surface area contributed by atoms with Crippen LogP contribution in [0.25, 0.3) is 0 Å². The first-order chi connectivity index (χ1) is 6.11. The van der Waals surface area contributed by atoms with Gasteiger partial charge in [0, 0.05) is 12.5 Å². The number of piperidine rings is 1. The molecule has 2 unspecified atom stereocenters. The van der Waals surface area contributed by atoms with Crippen molar-refractivity contribution < 1.29 is 9.53 Å². The Kier molecular flexibility index (Phi) is 4.69. The van der Waals surface area contributed by atoms with Crippen LogP contribution in [-0.4, -0.2) is 28.9 Å². The van der Waals surface area contributed by atoms with E-state index >= 15 is 0 Å². The van der Waals surface area contributed by atoms with Crippen LogP contribution < -0.4 is 5.32 Å². The van der Waals surface area contributed by atoms with Gasteiger partial charge in [-0.3, -0.25) is 0 Å². The molecular formula is C8H13Br2NO2. The highest BCUT2D eigenvalue weighted by Gasteiger charge is 2.26. The number of esters is 1. The Morgan fingerprint density at radius 3 is 2.85 bits per heavy atom. The van der Waals surface area contributed by atoms with Crippen molar-refractivity contribution in [2.24, 2.45) is 5.92 Å². The summed E-state index contributed by atoms with van der Waals surface area (Å²) in [4.78, 5) is 11.2. The lowest BCUT2D eigenvalue weighted by molar-refractivity contribution is -0.149. The van der Waals surface area contributed by atoms with Gasteiger partial charge >= 0.3 is 5.97 Å². The number of carbonyl (C=O) groups is 1. The molecule has 3 nitrogen and oxygen atoms in total. The first-order valence-corrected chi connectivity index (χ1v) is 6.13. The summed E-state index contributed by atoms with van der Waals surface area (Å²) in [6.45, 7) is 3.94. The van der Waals surface area contributed by atoms with E-state index in [4.69, 9.17) is 4.74 Å². The lowest BCUT2D eigenvalue weighted by Gasteiger charge is -2.29. The van der Waals surface area contributed by atoms with Gasteiger partial charge in [0.2, 0.25) is 0 Å². The Hall–Kier alpha value is 0.390. The van der Waals surface area contributed by atoms with Crippen molar-refractivity contribution in [1.82, 2.24) is 5.32 Å². The van der Waals surface area contributed by atoms with E-state index < -0.39 is 0 Å². The van der Waals surface area contributed by atoms with Crippen molar-refractivity contribution in [1.29, 1.82) is 0 Å². The van der Waals surface area contributed by atoms with Gasteiger partial charge < -0.3 is 10.1 Å². The summed E-state index contributed by atoms with van der Waals surface area (Å²) in [5, 5.41) is 3.25. The molecule has 0 spiro atoms. The molecule has 2 atom stereocenters. The Labute approximate surface area is 94.8 Å². The lowest BCUT2D eigenvalue weighted by Crippen LogP contribution is -2.41. The predicted molar refractivity (Wildman–Crippen MR) is 58.2 cm³/mol. The van der Waals surface area contributed by atoms with Crippen LogP contribution in [-0.2, 0) is 9.53 Å². The standard InChI is InChI=1S/C8H13Br2NO2/c1-5-4-11-3-2-6(5)13-8(12)7(9)10/h5-7,11H,2-4H2,1H3. The van der Waals surface area contributed by atoms with E-state index in [1.165, 1.54) is 0 Å². The molecule has 0 saturated carbocycles. The zero-order valence-corrected chi connectivity index (χ0v) is 10.6. The number of hydrogen-bond donors (Lipinski definition) is 1. The first kappa shape index (κ1) is 11.5. The molecule has 0 aromatic heterocycles. The van der Waals surface area contributed by atoms with Crippen molar-refractivity contribution in [3.05, 3.63) is 0 Å². The number of alkyl halides is 2. The van der Waals surface area contributed by atoms with E-state index in [0.717, 1.165) is 19.5 Å². The molecule has 0 radical (unpaired) electrons. The second-order valence-electron chi connectivity index (χ2n) is 3.25. The molecule has 1 saturated heterocycles. The summed E-state index contributed by atoms with van der Waals surface area (Å²) in [6, 6.07) is 0. The summed E-state index contributed by atoms with van der Waals surface area (Å²) >= 11 is 6.23. The number of ether oxygens (including phenoxy) is 1. The van der Waals surface area contributed by atoms with Gasteiger partial charge in [-0.1, -0.05) is 38.8 Å². The van der Waals surface area contributed by atoms with E-state index in [9.17, 15) is 4.79 Å². The van der Waals surface area contributed by atoms with Gasteiger partial charge in [-0.25, -0.2) is 4.79 Å². The summed E-state index contributed by atoms with van der Waals surface area (Å²) in [5.41, 5.74) is 0. The Balaban J connectivity index is 2.38. The monoisotopic (exact) mass is 313 g/mol. The van der Waals surface area contributed by atoms with E-state index in [1.54, 1.807) is 0 Å². The van der Waals surface area contributed by atoms with Crippen molar-refractivity contribution in [3.8, 4) is 0 Å². The third-order valence-electron chi connectivity index (χ3n) is 2.15. The molecule has 0 aromatic rings. The predicted octanol–water partition coefficient (Wildman–Crippen LogP) is 1.64. The van der Waals surface area contributed by atoms with Crippen molar-refractivity contribution >= 4 is 37.8 Å². The van der Waals surface area contributed by atoms with E-state index in [2.05, 4.69) is 44.1 Å². The Morgan fingerprint density at radius 1 is 1.62 bits per heavy atom. The maximum Gasteiger partial charge on any atom is 0.330 e. The smallest absolute Gasteiger partial charge is 0.330 e. The van der Waals surface area contributed by atoms with Gasteiger partial charge in [-0.15, -0.1) is 0 Å². The van der Waals surface area contributed by atoms with E-state index in [0.29, 0.717) is 5.92 Å². The molecule has 1 fully saturated rings. The molecule has 0 aliphatic carbocycles. The SMILES string of the molecule is CC1CNCCC1OC(=O)C(Br)Br. The lowest BCUT2D eigenvalue weighted by atomic mass is 9.98. The molecule has 1 aliphatic heterocycles. The van der Waals surface area contributed by atoms with Crippen molar-refractivity contribution in [2.45, 2.75) is 23.2 Å². The number of halogens is 2. The maximum atomic E-state index is 11.2. The number of carbonyl (C=O) groups excluding carboxylic acids is 1. The fourth-order valence-electron chi connectivity index (χ4n) is 1.37. The minimum Gasteiger partial charge on any atom is -0.461 e. The van der Waals surface area contributed by atoms with Crippen LogP contribution in [0.5, 0.6) is 0 Å². The average molecular weight is 315 g/mol. The van der Waals surface area contributed by atoms with Crippen LogP contribution >= 0.6 is 31.9 Å². The maximum absolute atomic E-state index is 11.2. The highest BCUT2D eigenvalue weighted by atomic mass is 79.9. The second-order valence-corrected chi connectivity index (χ2v) is 6.31. The molecule has 1 N–H and O–H groups in total. The first-order valence-electron chi connectivity index (χ1n) is 4.30. The number of nitrogens with one attached hydrogen (secondary N) is 1. The normalized spacial score (nSPS) is 28.9. The molecule has 1 rings (SSSR count). The van der Waals surface area contributed by atoms with Gasteiger partial charge in [0.25, 0.3) is 0 Å². The van der Waals surface area contributed by atoms with Gasteiger partial charge in [-0.2, -0.15) is 0 Å². The number of rotatable bonds is 2. The summed E-state index contributed by atoms with van der Waals surface area (Å²) < 4.78 is 4.91. The third-order valence-corrected chi connectivity index (χ3v) is 2.90. The minimum atomic E-state index is -0.387. The fourth-order valence-corrected chi connectivity index (χ4v) is 1.58. The molecule has 76 valence electrons. The average Bonchev–Trinajstić information content (AvgIpc) is 2.08. The quantitative estimate of drug-likeness (QED) is 0.622. The molecule has 5 heteroatoms. The molecule has 1 aliphatic rings. The highest BCUT2D eigenvalue weighted by Crippen LogP contribution is 2.18. The van der Waals surface area contributed by atoms with Crippen LogP contribution in [0.4, 0.5) is 0 Å². The summed E-state index contributed by atoms with van der Waals surface area (Å²) in [6.07, 6.45) is 0.964. The highest BCUT2D eigenvalue weighted by molar-refractivity contribution is 9.25. The largest absolute Gasteiger partial charge is 0.461 e. The number of hydrogen-bond acceptors (Lipinski definition) is 3. The van der Waals surface area contributed by atoms with Gasteiger partial charge in [0.1, 0.15) is 6.10 Å². The van der Waals surface area contributed by atoms with Crippen LogP contribution in [0.3, 0.4) is 0 Å². The molecule has 0 bridgehead atoms. The molecule has 1 heterocycles. The summed E-state index contributed by atoms with van der Waals surface area (Å²) in [5.74, 6) is 0.162. The van der Waals surface area contributed by atoms with Crippen LogP contribution in [0, 0.1) is 5.92 Å². The zero-order chi connectivity index (χ0) is 9.84. The zero-order valence-electron chi connectivity index (χ0n) is 7.43. The second kappa shape index (κ2) is 5.32. The van der Waals surface area contributed by atoms with Gasteiger partial charge in [0.05, 0.1) is 0 Å². The Bertz CT molecular complexity index is 187. The van der Waals surface area contributed by atoms with Crippen LogP contribution in [0.15, 0.2) is 0 Å². The van der Waals surface area contributed by atoms with Crippen molar-refractivity contribution in [3.63, 3.8) is 0 Å². The van der Waals surface area contributed by atoms with Gasteiger partial charge in [0.15, 0.2) is 3.74 Å². The molecule has 0 amide bonds. The molecule has 13 heavy (non-hydrogen) atoms. The van der Waals surface area contributed by atoms with Crippen LogP contribution in [0.1, 0.15) is 13.3 Å². The van der Waals surface area contributed by atoms with E-state index in [-0.39, 0.29) is 15.8 Å². The Morgan fingerprint density at radius 2 is 2.31 bits per heavy atom. The summed E-state index contributed by atoms with van der Waals surface area (Å²) in [7, 11) is 0. The fraction of sp³-hybridized carbons (Fsp3) is 0.875. The third kappa shape index (κ3) is 3.56. The van der Waals surface area contributed by atoms with E-state index in [1.807, 2.05) is 0 Å². The topological polar surface area (TPSA) is 38.3 Å². The van der Waals surface area contributed by atoms with Crippen molar-refractivity contribution in [2.75, 3.05) is 13.1 Å². The van der Waals surface area contributed by atoms with Crippen LogP contribution in [0.2, 0.25) is 0 Å². The molecular weight excluding hydrogens is 302 g/mol. The molecule has 0 aromatic carbocycles. The van der Waals surface area contributed by atoms with Gasteiger partial charge in [-0.05, 0) is 13.0 Å². The minimum absolute atomic E-state index is 0.0614.